The first-order valence-electron chi connectivity index (χ1n) is 7.83. The van der Waals surface area contributed by atoms with Crippen molar-refractivity contribution in [1.82, 2.24) is 10.2 Å². The normalized spacial score (nSPS) is 15.3. The average molecular weight is 356 g/mol. The van der Waals surface area contributed by atoms with Crippen LogP contribution in [0.4, 0.5) is 9.18 Å². The number of carbonyl (C=O) groups excluding carboxylic acids is 2. The third-order valence-corrected chi connectivity index (χ3v) is 3.99. The highest BCUT2D eigenvalue weighted by atomic mass is 19.1. The molecule has 0 radical (unpaired) electrons. The molecule has 1 heterocycles. The van der Waals surface area contributed by atoms with E-state index in [0.29, 0.717) is 17.1 Å². The lowest BCUT2D eigenvalue weighted by atomic mass is 10.1. The van der Waals surface area contributed by atoms with Crippen molar-refractivity contribution < 1.29 is 23.5 Å². The van der Waals surface area contributed by atoms with Gasteiger partial charge in [-0.05, 0) is 24.3 Å². The monoisotopic (exact) mass is 356 g/mol. The third kappa shape index (κ3) is 3.37. The Labute approximate surface area is 149 Å². The fourth-order valence-electron chi connectivity index (χ4n) is 2.61. The van der Waals surface area contributed by atoms with Gasteiger partial charge < -0.3 is 14.8 Å². The van der Waals surface area contributed by atoms with E-state index in [-0.39, 0.29) is 17.8 Å². The number of nitrogens with zero attached hydrogens (tertiary/aromatic N) is 1. The number of benzene rings is 2. The van der Waals surface area contributed by atoms with Gasteiger partial charge in [-0.1, -0.05) is 18.2 Å². The molecule has 0 bridgehead atoms. The maximum Gasteiger partial charge on any atom is 0.329 e. The molecular formula is C19H17FN2O4. The number of methoxy groups -OCH3 is 2. The quantitative estimate of drug-likeness (QED) is 0.661. The molecule has 26 heavy (non-hydrogen) atoms. The van der Waals surface area contributed by atoms with Crippen LogP contribution in [0.2, 0.25) is 0 Å². The first-order chi connectivity index (χ1) is 12.5. The zero-order valence-electron chi connectivity index (χ0n) is 14.3. The minimum Gasteiger partial charge on any atom is -0.497 e. The van der Waals surface area contributed by atoms with Gasteiger partial charge >= 0.3 is 6.03 Å². The zero-order valence-corrected chi connectivity index (χ0v) is 14.3. The van der Waals surface area contributed by atoms with Gasteiger partial charge in [0, 0.05) is 17.2 Å². The number of urea groups is 1. The topological polar surface area (TPSA) is 67.9 Å². The van der Waals surface area contributed by atoms with E-state index in [1.54, 1.807) is 30.3 Å². The van der Waals surface area contributed by atoms with Gasteiger partial charge in [-0.25, -0.2) is 9.18 Å². The summed E-state index contributed by atoms with van der Waals surface area (Å²) in [5.74, 6) is 0.0943. The molecule has 0 saturated carbocycles. The van der Waals surface area contributed by atoms with Gasteiger partial charge in [-0.3, -0.25) is 9.69 Å². The summed E-state index contributed by atoms with van der Waals surface area (Å²) in [6, 6.07) is 10.5. The number of rotatable bonds is 5. The second kappa shape index (κ2) is 7.26. The molecule has 1 aliphatic heterocycles. The van der Waals surface area contributed by atoms with E-state index in [0.717, 1.165) is 4.90 Å². The Balaban J connectivity index is 1.87. The number of imide groups is 1. The summed E-state index contributed by atoms with van der Waals surface area (Å²) in [7, 11) is 3.03. The van der Waals surface area contributed by atoms with Gasteiger partial charge in [0.15, 0.2) is 0 Å². The minimum absolute atomic E-state index is 0.0924. The Morgan fingerprint density at radius 3 is 2.58 bits per heavy atom. The SMILES string of the molecule is COc1ccc(/C=C2/NC(=O)N(Cc3ccccc3F)C2=O)c(OC)c1. The molecule has 3 rings (SSSR count). The van der Waals surface area contributed by atoms with Crippen molar-refractivity contribution in [2.75, 3.05) is 14.2 Å². The second-order valence-corrected chi connectivity index (χ2v) is 5.58. The molecule has 0 spiro atoms. The van der Waals surface area contributed by atoms with Crippen LogP contribution >= 0.6 is 0 Å². The van der Waals surface area contributed by atoms with Crippen molar-refractivity contribution in [3.8, 4) is 11.5 Å². The van der Waals surface area contributed by atoms with E-state index in [1.807, 2.05) is 0 Å². The maximum absolute atomic E-state index is 13.8. The van der Waals surface area contributed by atoms with Crippen molar-refractivity contribution in [3.63, 3.8) is 0 Å². The van der Waals surface area contributed by atoms with E-state index in [2.05, 4.69) is 5.32 Å². The van der Waals surface area contributed by atoms with Crippen molar-refractivity contribution in [3.05, 3.63) is 65.1 Å². The molecule has 7 heteroatoms. The Kier molecular flexibility index (Phi) is 4.88. The van der Waals surface area contributed by atoms with E-state index in [4.69, 9.17) is 9.47 Å². The van der Waals surface area contributed by atoms with Crippen molar-refractivity contribution in [2.45, 2.75) is 6.54 Å². The van der Waals surface area contributed by atoms with Crippen LogP contribution in [0.3, 0.4) is 0 Å². The van der Waals surface area contributed by atoms with Gasteiger partial charge in [0.1, 0.15) is 23.0 Å². The van der Waals surface area contributed by atoms with E-state index >= 15 is 0 Å². The number of hydrogen-bond acceptors (Lipinski definition) is 4. The molecule has 2 aromatic rings. The first kappa shape index (κ1) is 17.5. The van der Waals surface area contributed by atoms with Crippen LogP contribution in [0.1, 0.15) is 11.1 Å². The number of nitrogens with one attached hydrogen (secondary N) is 1. The maximum atomic E-state index is 13.8. The number of amides is 3. The summed E-state index contributed by atoms with van der Waals surface area (Å²) < 4.78 is 24.2. The lowest BCUT2D eigenvalue weighted by Gasteiger charge is -2.12. The molecule has 1 saturated heterocycles. The van der Waals surface area contributed by atoms with Crippen LogP contribution in [0.5, 0.6) is 11.5 Å². The summed E-state index contributed by atoms with van der Waals surface area (Å²) in [5.41, 5.74) is 0.957. The van der Waals surface area contributed by atoms with Gasteiger partial charge in [-0.15, -0.1) is 0 Å². The number of hydrogen-bond donors (Lipinski definition) is 1. The average Bonchev–Trinajstić information content (AvgIpc) is 2.91. The molecule has 6 nitrogen and oxygen atoms in total. The van der Waals surface area contributed by atoms with Gasteiger partial charge in [0.05, 0.1) is 20.8 Å². The van der Waals surface area contributed by atoms with Crippen LogP contribution in [-0.2, 0) is 11.3 Å². The standard InChI is InChI=1S/C19H17FN2O4/c1-25-14-8-7-12(17(10-14)26-2)9-16-18(23)22(19(24)21-16)11-13-5-3-4-6-15(13)20/h3-10H,11H2,1-2H3,(H,21,24)/b16-9+. The van der Waals surface area contributed by atoms with Gasteiger partial charge in [0.2, 0.25) is 0 Å². The van der Waals surface area contributed by atoms with Crippen LogP contribution in [0, 0.1) is 5.82 Å². The number of ether oxygens (including phenoxy) is 2. The highest BCUT2D eigenvalue weighted by molar-refractivity contribution is 6.14. The lowest BCUT2D eigenvalue weighted by Crippen LogP contribution is -2.30. The third-order valence-electron chi connectivity index (χ3n) is 3.99. The smallest absolute Gasteiger partial charge is 0.329 e. The zero-order chi connectivity index (χ0) is 18.7. The Bertz CT molecular complexity index is 895. The van der Waals surface area contributed by atoms with Crippen LogP contribution in [0.25, 0.3) is 6.08 Å². The molecule has 1 N–H and O–H groups in total. The molecule has 2 aromatic carbocycles. The highest BCUT2D eigenvalue weighted by Gasteiger charge is 2.34. The Morgan fingerprint density at radius 2 is 1.88 bits per heavy atom. The van der Waals surface area contributed by atoms with Gasteiger partial charge in [0.25, 0.3) is 5.91 Å². The highest BCUT2D eigenvalue weighted by Crippen LogP contribution is 2.27. The fraction of sp³-hybridized carbons (Fsp3) is 0.158. The summed E-state index contributed by atoms with van der Waals surface area (Å²) in [6.45, 7) is -0.144. The predicted octanol–water partition coefficient (Wildman–Crippen LogP) is 2.94. The van der Waals surface area contributed by atoms with Crippen molar-refractivity contribution >= 4 is 18.0 Å². The number of carbonyl (C=O) groups is 2. The second-order valence-electron chi connectivity index (χ2n) is 5.58. The van der Waals surface area contributed by atoms with Crippen LogP contribution in [0.15, 0.2) is 48.2 Å². The predicted molar refractivity (Wildman–Crippen MR) is 93.0 cm³/mol. The van der Waals surface area contributed by atoms with Crippen molar-refractivity contribution in [1.29, 1.82) is 0 Å². The summed E-state index contributed by atoms with van der Waals surface area (Å²) >= 11 is 0. The van der Waals surface area contributed by atoms with Gasteiger partial charge in [-0.2, -0.15) is 0 Å². The minimum atomic E-state index is -0.600. The Morgan fingerprint density at radius 1 is 1.12 bits per heavy atom. The molecule has 134 valence electrons. The van der Waals surface area contributed by atoms with Crippen molar-refractivity contribution in [2.24, 2.45) is 0 Å². The molecule has 1 aliphatic rings. The van der Waals surface area contributed by atoms with Crippen LogP contribution < -0.4 is 14.8 Å². The molecule has 0 atom stereocenters. The number of halogens is 1. The molecule has 1 fully saturated rings. The molecule has 3 amide bonds. The molecule has 0 aliphatic carbocycles. The summed E-state index contributed by atoms with van der Waals surface area (Å²) in [6.07, 6.45) is 1.51. The Hall–Kier alpha value is -3.35. The summed E-state index contributed by atoms with van der Waals surface area (Å²) in [4.78, 5) is 25.6. The van der Waals surface area contributed by atoms with E-state index < -0.39 is 17.8 Å². The summed E-state index contributed by atoms with van der Waals surface area (Å²) in [5, 5.41) is 2.51. The lowest BCUT2D eigenvalue weighted by molar-refractivity contribution is -0.123. The first-order valence-corrected chi connectivity index (χ1v) is 7.83. The van der Waals surface area contributed by atoms with E-state index in [1.165, 1.54) is 32.4 Å². The molecule has 0 aromatic heterocycles. The largest absolute Gasteiger partial charge is 0.497 e. The molecular weight excluding hydrogens is 339 g/mol. The molecule has 0 unspecified atom stereocenters. The van der Waals surface area contributed by atoms with E-state index in [9.17, 15) is 14.0 Å². The fourth-order valence-corrected chi connectivity index (χ4v) is 2.61. The van der Waals surface area contributed by atoms with Crippen LogP contribution in [-0.4, -0.2) is 31.1 Å².